The Morgan fingerprint density at radius 1 is 1.42 bits per heavy atom. The lowest BCUT2D eigenvalue weighted by Crippen LogP contribution is -2.20. The van der Waals surface area contributed by atoms with Gasteiger partial charge in [0.1, 0.15) is 5.82 Å². The second kappa shape index (κ2) is 6.30. The fraction of sp³-hybridized carbons (Fsp3) is 0.545. The molecule has 0 amide bonds. The average molecular weight is 266 g/mol. The molecule has 2 aromatic heterocycles. The molecule has 19 heavy (non-hydrogen) atoms. The minimum Gasteiger partial charge on any atom is -0.378 e. The van der Waals surface area contributed by atoms with Gasteiger partial charge in [0.15, 0.2) is 5.65 Å². The molecule has 0 fully saturated rings. The van der Waals surface area contributed by atoms with E-state index >= 15 is 0 Å². The Morgan fingerprint density at radius 2 is 2.26 bits per heavy atom. The van der Waals surface area contributed by atoms with E-state index in [1.807, 2.05) is 14.1 Å². The third-order valence-electron chi connectivity index (χ3n) is 2.51. The summed E-state index contributed by atoms with van der Waals surface area (Å²) in [5, 5.41) is 13.3. The van der Waals surface area contributed by atoms with Crippen LogP contribution in [0.15, 0.2) is 16.9 Å². The summed E-state index contributed by atoms with van der Waals surface area (Å²) in [6, 6.07) is 3.50. The molecule has 0 unspecified atom stereocenters. The van der Waals surface area contributed by atoms with Crippen molar-refractivity contribution in [3.8, 4) is 0 Å². The zero-order chi connectivity index (χ0) is 13.7. The van der Waals surface area contributed by atoms with Crippen LogP contribution in [-0.2, 0) is 4.74 Å². The molecule has 0 aliphatic rings. The summed E-state index contributed by atoms with van der Waals surface area (Å²) in [6.07, 6.45) is 0. The summed E-state index contributed by atoms with van der Waals surface area (Å²) in [6.45, 7) is 2.82. The summed E-state index contributed by atoms with van der Waals surface area (Å²) in [7, 11) is 4.01. The SMILES string of the molecule is CN(C)CCOCCNc1ccc2n[nH]c(=O)n2n1. The monoisotopic (exact) mass is 266 g/mol. The highest BCUT2D eigenvalue weighted by Gasteiger charge is 2.01. The van der Waals surface area contributed by atoms with E-state index in [0.29, 0.717) is 31.2 Å². The number of nitrogens with one attached hydrogen (secondary N) is 2. The van der Waals surface area contributed by atoms with E-state index in [2.05, 4.69) is 25.5 Å². The van der Waals surface area contributed by atoms with Gasteiger partial charge in [-0.05, 0) is 26.2 Å². The molecule has 2 heterocycles. The molecule has 8 heteroatoms. The molecule has 0 aromatic carbocycles. The van der Waals surface area contributed by atoms with Gasteiger partial charge in [0.25, 0.3) is 0 Å². The van der Waals surface area contributed by atoms with Gasteiger partial charge < -0.3 is 15.0 Å². The van der Waals surface area contributed by atoms with E-state index in [9.17, 15) is 4.79 Å². The molecule has 0 spiro atoms. The number of aromatic amines is 1. The van der Waals surface area contributed by atoms with Crippen molar-refractivity contribution in [1.82, 2.24) is 24.7 Å². The standard InChI is InChI=1S/C11H18N6O2/c1-16(2)6-8-19-7-5-12-9-3-4-10-13-14-11(18)17(10)15-9/h3-4H,5-8H2,1-2H3,(H,12,15)(H,14,18). The number of rotatable bonds is 7. The fourth-order valence-corrected chi connectivity index (χ4v) is 1.50. The van der Waals surface area contributed by atoms with Crippen molar-refractivity contribution in [2.45, 2.75) is 0 Å². The lowest BCUT2D eigenvalue weighted by atomic mass is 10.5. The van der Waals surface area contributed by atoms with Gasteiger partial charge in [-0.1, -0.05) is 0 Å². The van der Waals surface area contributed by atoms with Gasteiger partial charge in [0, 0.05) is 13.1 Å². The second-order valence-electron chi connectivity index (χ2n) is 4.36. The van der Waals surface area contributed by atoms with Crippen molar-refractivity contribution in [3.63, 3.8) is 0 Å². The Bertz CT molecular complexity index is 576. The maximum atomic E-state index is 11.3. The number of aromatic nitrogens is 4. The van der Waals surface area contributed by atoms with E-state index < -0.39 is 0 Å². The van der Waals surface area contributed by atoms with Crippen LogP contribution in [0.2, 0.25) is 0 Å². The van der Waals surface area contributed by atoms with Crippen molar-refractivity contribution in [3.05, 3.63) is 22.6 Å². The fourth-order valence-electron chi connectivity index (χ4n) is 1.50. The predicted molar refractivity (Wildman–Crippen MR) is 71.5 cm³/mol. The number of nitrogens with zero attached hydrogens (tertiary/aromatic N) is 4. The van der Waals surface area contributed by atoms with Crippen LogP contribution in [0.25, 0.3) is 5.65 Å². The minimum absolute atomic E-state index is 0.346. The van der Waals surface area contributed by atoms with Crippen LogP contribution >= 0.6 is 0 Å². The molecule has 0 aliphatic heterocycles. The number of H-pyrrole nitrogens is 1. The first-order valence-electron chi connectivity index (χ1n) is 6.07. The van der Waals surface area contributed by atoms with Crippen LogP contribution in [0, 0.1) is 0 Å². The molecule has 0 bridgehead atoms. The van der Waals surface area contributed by atoms with E-state index in [-0.39, 0.29) is 5.69 Å². The molecule has 2 rings (SSSR count). The van der Waals surface area contributed by atoms with Crippen LogP contribution in [-0.4, -0.2) is 65.1 Å². The van der Waals surface area contributed by atoms with Gasteiger partial charge >= 0.3 is 5.69 Å². The summed E-state index contributed by atoms with van der Waals surface area (Å²) in [5.41, 5.74) is 0.152. The normalized spacial score (nSPS) is 11.3. The zero-order valence-corrected chi connectivity index (χ0v) is 11.1. The van der Waals surface area contributed by atoms with E-state index in [0.717, 1.165) is 6.54 Å². The largest absolute Gasteiger partial charge is 0.378 e. The minimum atomic E-state index is -0.346. The molecule has 0 aliphatic carbocycles. The van der Waals surface area contributed by atoms with Gasteiger partial charge in [-0.2, -0.15) is 9.61 Å². The Balaban J connectivity index is 1.78. The number of fused-ring (bicyclic) bond motifs is 1. The lowest BCUT2D eigenvalue weighted by molar-refractivity contribution is 0.126. The highest BCUT2D eigenvalue weighted by atomic mass is 16.5. The lowest BCUT2D eigenvalue weighted by Gasteiger charge is -2.10. The molecule has 0 saturated carbocycles. The molecule has 2 N–H and O–H groups in total. The zero-order valence-electron chi connectivity index (χ0n) is 11.1. The Hall–Kier alpha value is -1.93. The number of hydrogen-bond donors (Lipinski definition) is 2. The molecule has 2 aromatic rings. The van der Waals surface area contributed by atoms with E-state index in [1.54, 1.807) is 12.1 Å². The van der Waals surface area contributed by atoms with Crippen molar-refractivity contribution < 1.29 is 4.74 Å². The number of anilines is 1. The van der Waals surface area contributed by atoms with Crippen LogP contribution in [0.1, 0.15) is 0 Å². The van der Waals surface area contributed by atoms with E-state index in [4.69, 9.17) is 4.74 Å². The van der Waals surface area contributed by atoms with Gasteiger partial charge in [-0.3, -0.25) is 0 Å². The molecule has 0 atom stereocenters. The van der Waals surface area contributed by atoms with Crippen molar-refractivity contribution in [2.24, 2.45) is 0 Å². The number of likely N-dealkylation sites (N-methyl/N-ethyl adjacent to an activating group) is 1. The topological polar surface area (TPSA) is 87.5 Å². The van der Waals surface area contributed by atoms with E-state index in [1.165, 1.54) is 4.52 Å². The first-order chi connectivity index (χ1) is 9.16. The quantitative estimate of drug-likeness (QED) is 0.651. The first kappa shape index (κ1) is 13.5. The summed E-state index contributed by atoms with van der Waals surface area (Å²) in [4.78, 5) is 13.4. The van der Waals surface area contributed by atoms with Crippen LogP contribution < -0.4 is 11.0 Å². The molecule has 0 saturated heterocycles. The van der Waals surface area contributed by atoms with Crippen LogP contribution in [0.4, 0.5) is 5.82 Å². The second-order valence-corrected chi connectivity index (χ2v) is 4.36. The van der Waals surface area contributed by atoms with Gasteiger partial charge in [-0.15, -0.1) is 5.10 Å². The summed E-state index contributed by atoms with van der Waals surface area (Å²) >= 11 is 0. The highest BCUT2D eigenvalue weighted by Crippen LogP contribution is 2.01. The maximum absolute atomic E-state index is 11.3. The molecular weight excluding hydrogens is 248 g/mol. The highest BCUT2D eigenvalue weighted by molar-refractivity contribution is 5.42. The third-order valence-corrected chi connectivity index (χ3v) is 2.51. The van der Waals surface area contributed by atoms with Crippen molar-refractivity contribution >= 4 is 11.5 Å². The van der Waals surface area contributed by atoms with Crippen molar-refractivity contribution in [1.29, 1.82) is 0 Å². The van der Waals surface area contributed by atoms with Crippen LogP contribution in [0.5, 0.6) is 0 Å². The summed E-state index contributed by atoms with van der Waals surface area (Å²) in [5.74, 6) is 0.618. The Labute approximate surface area is 110 Å². The Morgan fingerprint density at radius 3 is 3.05 bits per heavy atom. The predicted octanol–water partition coefficient (Wildman–Crippen LogP) is -0.592. The summed E-state index contributed by atoms with van der Waals surface area (Å²) < 4.78 is 6.66. The number of hydrogen-bond acceptors (Lipinski definition) is 6. The molecule has 8 nitrogen and oxygen atoms in total. The molecular formula is C11H18N6O2. The maximum Gasteiger partial charge on any atom is 0.364 e. The first-order valence-corrected chi connectivity index (χ1v) is 6.07. The third kappa shape index (κ3) is 3.76. The van der Waals surface area contributed by atoms with Gasteiger partial charge in [0.05, 0.1) is 13.2 Å². The van der Waals surface area contributed by atoms with Gasteiger partial charge in [0.2, 0.25) is 0 Å². The molecule has 104 valence electrons. The van der Waals surface area contributed by atoms with Crippen molar-refractivity contribution in [2.75, 3.05) is 45.7 Å². The smallest absolute Gasteiger partial charge is 0.364 e. The Kier molecular flexibility index (Phi) is 4.48. The van der Waals surface area contributed by atoms with Gasteiger partial charge in [-0.25, -0.2) is 9.89 Å². The average Bonchev–Trinajstić information content (AvgIpc) is 2.75. The molecule has 0 radical (unpaired) electrons. The number of ether oxygens (including phenoxy) is 1. The van der Waals surface area contributed by atoms with Crippen LogP contribution in [0.3, 0.4) is 0 Å².